The molecule has 0 bridgehead atoms. The maximum atomic E-state index is 5.53. The van der Waals surface area contributed by atoms with Gasteiger partial charge in [-0.2, -0.15) is 0 Å². The second-order valence-electron chi connectivity index (χ2n) is 9.72. The molecule has 7 heteroatoms. The lowest BCUT2D eigenvalue weighted by molar-refractivity contribution is 0.122. The molecule has 0 unspecified atom stereocenters. The maximum absolute atomic E-state index is 5.53. The van der Waals surface area contributed by atoms with Crippen LogP contribution in [0.2, 0.25) is 50.0 Å². The Morgan fingerprint density at radius 2 is 1.00 bits per heavy atom. The van der Waals surface area contributed by atoms with Gasteiger partial charge in [0, 0.05) is 56.7 Å². The minimum Gasteiger partial charge on any atom is -0.382 e. The third-order valence-corrected chi connectivity index (χ3v) is 19.7. The highest BCUT2D eigenvalue weighted by Crippen LogP contribution is 2.29. The van der Waals surface area contributed by atoms with Crippen molar-refractivity contribution in [2.75, 3.05) is 34.5 Å². The van der Waals surface area contributed by atoms with Gasteiger partial charge in [-0.1, -0.05) is 76.0 Å². The van der Waals surface area contributed by atoms with Crippen LogP contribution in [0.5, 0.6) is 0 Å². The Morgan fingerprint density at radius 1 is 0.571 bits per heavy atom. The molecule has 0 aromatic carbocycles. The quantitative estimate of drug-likeness (QED) is 0.164. The van der Waals surface area contributed by atoms with Crippen LogP contribution in [0.4, 0.5) is 0 Å². The van der Waals surface area contributed by atoms with Gasteiger partial charge in [-0.15, -0.1) is 0 Å². The molecule has 0 rings (SSSR count). The van der Waals surface area contributed by atoms with Crippen molar-refractivity contribution in [3.8, 4) is 0 Å². The monoisotopic (exact) mass is 450 g/mol. The van der Waals surface area contributed by atoms with Crippen molar-refractivity contribution in [1.29, 1.82) is 0 Å². The van der Waals surface area contributed by atoms with Crippen LogP contribution in [0.1, 0.15) is 51.9 Å². The third-order valence-electron chi connectivity index (χ3n) is 5.82. The van der Waals surface area contributed by atoms with Crippen LogP contribution in [0.25, 0.3) is 0 Å². The molecule has 0 fully saturated rings. The zero-order valence-electron chi connectivity index (χ0n) is 20.3. The molecule has 4 nitrogen and oxygen atoms in total. The van der Waals surface area contributed by atoms with E-state index in [2.05, 4.69) is 33.1 Å². The molecule has 0 spiro atoms. The van der Waals surface area contributed by atoms with Crippen LogP contribution in [0.15, 0.2) is 0 Å². The first-order valence-electron chi connectivity index (χ1n) is 11.4. The van der Waals surface area contributed by atoms with Gasteiger partial charge in [-0.05, 0) is 19.8 Å². The number of ether oxygens (including phenoxy) is 1. The van der Waals surface area contributed by atoms with Crippen molar-refractivity contribution in [3.05, 3.63) is 0 Å². The first kappa shape index (κ1) is 28.5. The lowest BCUT2D eigenvalue weighted by Crippen LogP contribution is -2.42. The van der Waals surface area contributed by atoms with Gasteiger partial charge >= 0.3 is 8.80 Å². The third kappa shape index (κ3) is 13.7. The molecule has 0 aliphatic carbocycles. The van der Waals surface area contributed by atoms with Crippen molar-refractivity contribution < 1.29 is 18.0 Å². The van der Waals surface area contributed by atoms with Gasteiger partial charge in [0.1, 0.15) is 0 Å². The molecular weight excluding hydrogens is 400 g/mol. The Kier molecular flexibility index (Phi) is 15.6. The molecule has 0 aromatic rings. The van der Waals surface area contributed by atoms with E-state index in [1.807, 2.05) is 0 Å². The van der Waals surface area contributed by atoms with E-state index in [9.17, 15) is 0 Å². The molecular formula is C21H50O4Si3. The predicted molar refractivity (Wildman–Crippen MR) is 130 cm³/mol. The van der Waals surface area contributed by atoms with Crippen LogP contribution < -0.4 is 0 Å². The van der Waals surface area contributed by atoms with E-state index < -0.39 is 25.0 Å². The van der Waals surface area contributed by atoms with Gasteiger partial charge in [-0.25, -0.2) is 0 Å². The number of unbranched alkanes of at least 4 members (excludes halogenated alkanes) is 5. The van der Waals surface area contributed by atoms with E-state index in [1.165, 1.54) is 50.6 Å². The number of hydrogen-bond donors (Lipinski definition) is 0. The summed E-state index contributed by atoms with van der Waals surface area (Å²) in [5.74, 6) is 0. The van der Waals surface area contributed by atoms with Gasteiger partial charge in [-0.3, -0.25) is 0 Å². The standard InChI is InChI=1S/C21H50O4Si3/c1-9-25-17-16-19-27(7,8)21-26(5,6)18-14-12-10-11-13-15-20-28(22-2,23-3)24-4/h9-21H2,1-8H3. The molecule has 0 atom stereocenters. The Balaban J connectivity index is 3.88. The molecule has 0 aromatic heterocycles. The molecule has 0 aliphatic heterocycles. The average Bonchev–Trinajstić information content (AvgIpc) is 2.64. The Labute approximate surface area is 179 Å². The minimum atomic E-state index is -2.35. The van der Waals surface area contributed by atoms with Crippen molar-refractivity contribution in [3.63, 3.8) is 0 Å². The SMILES string of the molecule is CCOCCC[Si](C)(C)C[Si](C)(C)CCCCCCCC[Si](OC)(OC)OC. The van der Waals surface area contributed by atoms with Gasteiger partial charge < -0.3 is 18.0 Å². The topological polar surface area (TPSA) is 36.9 Å². The minimum absolute atomic E-state index is 0.857. The summed E-state index contributed by atoms with van der Waals surface area (Å²) in [4.78, 5) is 0. The van der Waals surface area contributed by atoms with Crippen LogP contribution in [0, 0.1) is 0 Å². The van der Waals surface area contributed by atoms with Gasteiger partial charge in [0.15, 0.2) is 0 Å². The van der Waals surface area contributed by atoms with Crippen molar-refractivity contribution in [2.45, 2.75) is 102 Å². The summed E-state index contributed by atoms with van der Waals surface area (Å²) in [6, 6.07) is 3.86. The van der Waals surface area contributed by atoms with Crippen LogP contribution >= 0.6 is 0 Å². The molecule has 0 N–H and O–H groups in total. The number of rotatable bonds is 19. The molecule has 0 saturated heterocycles. The van der Waals surface area contributed by atoms with Crippen LogP contribution in [-0.4, -0.2) is 59.5 Å². The first-order chi connectivity index (χ1) is 13.2. The fraction of sp³-hybridized carbons (Fsp3) is 1.00. The summed E-state index contributed by atoms with van der Waals surface area (Å²) in [7, 11) is 0.654. The zero-order chi connectivity index (χ0) is 21.5. The van der Waals surface area contributed by atoms with E-state index >= 15 is 0 Å². The van der Waals surface area contributed by atoms with Crippen molar-refractivity contribution >= 4 is 25.0 Å². The highest BCUT2D eigenvalue weighted by atomic mass is 28.4. The molecule has 0 amide bonds. The lowest BCUT2D eigenvalue weighted by atomic mass is 10.1. The summed E-state index contributed by atoms with van der Waals surface area (Å²) in [6.07, 6.45) is 9.16. The fourth-order valence-corrected chi connectivity index (χ4v) is 20.4. The van der Waals surface area contributed by atoms with E-state index in [0.29, 0.717) is 0 Å². The number of hydrogen-bond acceptors (Lipinski definition) is 4. The first-order valence-corrected chi connectivity index (χ1v) is 20.1. The van der Waals surface area contributed by atoms with E-state index in [0.717, 1.165) is 25.7 Å². The Morgan fingerprint density at radius 3 is 1.46 bits per heavy atom. The van der Waals surface area contributed by atoms with Gasteiger partial charge in [0.2, 0.25) is 0 Å². The summed E-state index contributed by atoms with van der Waals surface area (Å²) < 4.78 is 22.0. The normalized spacial score (nSPS) is 13.3. The van der Waals surface area contributed by atoms with E-state index in [1.54, 1.807) is 27.0 Å². The van der Waals surface area contributed by atoms with Crippen LogP contribution in [0.3, 0.4) is 0 Å². The molecule has 28 heavy (non-hydrogen) atoms. The second kappa shape index (κ2) is 15.3. The van der Waals surface area contributed by atoms with Crippen molar-refractivity contribution in [1.82, 2.24) is 0 Å². The van der Waals surface area contributed by atoms with Crippen molar-refractivity contribution in [2.24, 2.45) is 0 Å². The molecule has 0 heterocycles. The predicted octanol–water partition coefficient (Wildman–Crippen LogP) is 6.59. The van der Waals surface area contributed by atoms with Gasteiger partial charge in [0.05, 0.1) is 0 Å². The van der Waals surface area contributed by atoms with E-state index in [4.69, 9.17) is 18.0 Å². The lowest BCUT2D eigenvalue weighted by Gasteiger charge is -2.32. The van der Waals surface area contributed by atoms with E-state index in [-0.39, 0.29) is 0 Å². The summed E-state index contributed by atoms with van der Waals surface area (Å²) in [5.41, 5.74) is 1.57. The molecule has 170 valence electrons. The van der Waals surface area contributed by atoms with Crippen LogP contribution in [-0.2, 0) is 18.0 Å². The average molecular weight is 451 g/mol. The summed E-state index contributed by atoms with van der Waals surface area (Å²) >= 11 is 0. The Bertz CT molecular complexity index is 366. The fourth-order valence-electron chi connectivity index (χ4n) is 4.48. The van der Waals surface area contributed by atoms with Gasteiger partial charge in [0.25, 0.3) is 0 Å². The summed E-state index contributed by atoms with van der Waals surface area (Å²) in [5, 5.41) is 0. The zero-order valence-corrected chi connectivity index (χ0v) is 23.3. The smallest absolute Gasteiger partial charge is 0.382 e. The second-order valence-corrected chi connectivity index (χ2v) is 23.9. The highest BCUT2D eigenvalue weighted by molar-refractivity contribution is 6.95. The Hall–Kier alpha value is 0.491. The highest BCUT2D eigenvalue weighted by Gasteiger charge is 2.36. The maximum Gasteiger partial charge on any atom is 0.500 e. The largest absolute Gasteiger partial charge is 0.500 e. The molecule has 0 radical (unpaired) electrons. The summed E-state index contributed by atoms with van der Waals surface area (Å²) in [6.45, 7) is 14.3. The molecule has 0 aliphatic rings. The molecule has 0 saturated carbocycles.